The van der Waals surface area contributed by atoms with Crippen molar-refractivity contribution in [3.8, 4) is 17.1 Å². The molecule has 0 bridgehead atoms. The maximum absolute atomic E-state index is 13.1. The molecule has 0 N–H and O–H groups in total. The first-order valence-corrected chi connectivity index (χ1v) is 8.44. The summed E-state index contributed by atoms with van der Waals surface area (Å²) in [5, 5.41) is 0.427. The molecule has 134 valence electrons. The third-order valence-electron chi connectivity index (χ3n) is 4.19. The van der Waals surface area contributed by atoms with Crippen LogP contribution in [0.3, 0.4) is 0 Å². The van der Waals surface area contributed by atoms with Crippen molar-refractivity contribution in [3.05, 3.63) is 64.3 Å². The van der Waals surface area contributed by atoms with Gasteiger partial charge in [0.05, 0.1) is 12.5 Å². The molecule has 3 aromatic rings. The highest BCUT2D eigenvalue weighted by Crippen LogP contribution is 2.31. The molecular weight excluding hydrogens is 332 g/mol. The highest BCUT2D eigenvalue weighted by Gasteiger charge is 2.23. The Kier molecular flexibility index (Phi) is 5.07. The minimum Gasteiger partial charge on any atom is -0.471 e. The number of hydrogen-bond donors (Lipinski definition) is 0. The van der Waals surface area contributed by atoms with Gasteiger partial charge in [-0.2, -0.15) is 0 Å². The van der Waals surface area contributed by atoms with E-state index in [9.17, 15) is 9.59 Å². The Morgan fingerprint density at radius 3 is 2.54 bits per heavy atom. The van der Waals surface area contributed by atoms with Gasteiger partial charge in [0.15, 0.2) is 11.9 Å². The monoisotopic (exact) mass is 352 g/mol. The lowest BCUT2D eigenvalue weighted by molar-refractivity contribution is -0.147. The summed E-state index contributed by atoms with van der Waals surface area (Å²) in [4.78, 5) is 24.9. The fourth-order valence-corrected chi connectivity index (χ4v) is 2.72. The number of ether oxygens (including phenoxy) is 2. The lowest BCUT2D eigenvalue weighted by atomic mass is 10.1. The van der Waals surface area contributed by atoms with Crippen LogP contribution in [-0.4, -0.2) is 19.2 Å². The molecule has 26 heavy (non-hydrogen) atoms. The zero-order chi connectivity index (χ0) is 18.7. The molecule has 0 radical (unpaired) electrons. The molecule has 1 heterocycles. The molecule has 5 nitrogen and oxygen atoms in total. The van der Waals surface area contributed by atoms with Gasteiger partial charge in [-0.15, -0.1) is 0 Å². The maximum Gasteiger partial charge on any atom is 0.346 e. The molecule has 3 rings (SSSR count). The van der Waals surface area contributed by atoms with Crippen molar-refractivity contribution in [2.45, 2.75) is 26.4 Å². The van der Waals surface area contributed by atoms with E-state index < -0.39 is 12.1 Å². The van der Waals surface area contributed by atoms with Gasteiger partial charge < -0.3 is 13.9 Å². The van der Waals surface area contributed by atoms with Crippen molar-refractivity contribution in [2.24, 2.45) is 0 Å². The number of esters is 1. The summed E-state index contributed by atoms with van der Waals surface area (Å²) in [6.07, 6.45) is -0.137. The minimum absolute atomic E-state index is 0.00912. The van der Waals surface area contributed by atoms with Crippen LogP contribution < -0.4 is 10.2 Å². The third-order valence-corrected chi connectivity index (χ3v) is 4.19. The number of hydrogen-bond acceptors (Lipinski definition) is 5. The van der Waals surface area contributed by atoms with Crippen molar-refractivity contribution in [1.82, 2.24) is 0 Å². The summed E-state index contributed by atoms with van der Waals surface area (Å²) < 4.78 is 16.4. The second kappa shape index (κ2) is 7.44. The Balaban J connectivity index is 2.24. The molecular formula is C21H20O5. The van der Waals surface area contributed by atoms with E-state index in [0.717, 1.165) is 12.0 Å². The first kappa shape index (κ1) is 17.7. The Hall–Kier alpha value is -3.08. The molecule has 0 spiro atoms. The molecule has 1 unspecified atom stereocenters. The smallest absolute Gasteiger partial charge is 0.346 e. The van der Waals surface area contributed by atoms with E-state index in [-0.39, 0.29) is 11.2 Å². The van der Waals surface area contributed by atoms with E-state index >= 15 is 0 Å². The van der Waals surface area contributed by atoms with Crippen LogP contribution in [0.15, 0.2) is 57.7 Å². The van der Waals surface area contributed by atoms with Gasteiger partial charge in [0, 0.05) is 5.56 Å². The van der Waals surface area contributed by atoms with E-state index in [1.54, 1.807) is 12.1 Å². The normalized spacial score (nSPS) is 12.0. The molecule has 0 fully saturated rings. The molecule has 0 aliphatic carbocycles. The summed E-state index contributed by atoms with van der Waals surface area (Å²) >= 11 is 0. The van der Waals surface area contributed by atoms with Gasteiger partial charge in [-0.1, -0.05) is 43.3 Å². The van der Waals surface area contributed by atoms with Gasteiger partial charge >= 0.3 is 5.97 Å². The van der Waals surface area contributed by atoms with Crippen LogP contribution in [0.5, 0.6) is 5.75 Å². The van der Waals surface area contributed by atoms with Gasteiger partial charge in [-0.25, -0.2) is 4.79 Å². The fourth-order valence-electron chi connectivity index (χ4n) is 2.72. The molecule has 0 saturated heterocycles. The number of carbonyl (C=O) groups is 1. The Bertz CT molecular complexity index is 988. The number of rotatable bonds is 5. The van der Waals surface area contributed by atoms with Crippen molar-refractivity contribution in [3.63, 3.8) is 0 Å². The molecule has 1 aromatic heterocycles. The van der Waals surface area contributed by atoms with Crippen LogP contribution in [0.4, 0.5) is 0 Å². The predicted octanol–water partition coefficient (Wildman–Crippen LogP) is 3.96. The average Bonchev–Trinajstić information content (AvgIpc) is 2.69. The van der Waals surface area contributed by atoms with E-state index in [1.165, 1.54) is 14.0 Å². The number of methoxy groups -OCH3 is 1. The predicted molar refractivity (Wildman–Crippen MR) is 99.4 cm³/mol. The van der Waals surface area contributed by atoms with Gasteiger partial charge in [0.2, 0.25) is 11.2 Å². The fraction of sp³-hybridized carbons (Fsp3) is 0.238. The van der Waals surface area contributed by atoms with E-state index in [2.05, 4.69) is 0 Å². The summed E-state index contributed by atoms with van der Waals surface area (Å²) in [6, 6.07) is 14.7. The molecule has 0 aliphatic heterocycles. The van der Waals surface area contributed by atoms with Crippen LogP contribution in [0, 0.1) is 0 Å². The first-order chi connectivity index (χ1) is 12.5. The molecule has 2 aromatic carbocycles. The minimum atomic E-state index is -0.933. The van der Waals surface area contributed by atoms with Crippen LogP contribution >= 0.6 is 0 Å². The maximum atomic E-state index is 13.1. The van der Waals surface area contributed by atoms with Crippen LogP contribution in [-0.2, 0) is 16.0 Å². The second-order valence-corrected chi connectivity index (χ2v) is 5.92. The van der Waals surface area contributed by atoms with Crippen molar-refractivity contribution < 1.29 is 18.7 Å². The average molecular weight is 352 g/mol. The number of fused-ring (bicyclic) bond motifs is 1. The molecule has 1 atom stereocenters. The number of carbonyl (C=O) groups excluding carboxylic acids is 1. The summed E-state index contributed by atoms with van der Waals surface area (Å²) in [5.74, 6) is -0.260. The van der Waals surface area contributed by atoms with Crippen LogP contribution in [0.25, 0.3) is 22.3 Å². The van der Waals surface area contributed by atoms with E-state index in [4.69, 9.17) is 13.9 Å². The van der Waals surface area contributed by atoms with Crippen molar-refractivity contribution >= 4 is 16.9 Å². The molecule has 0 saturated carbocycles. The van der Waals surface area contributed by atoms with Crippen LogP contribution in [0.2, 0.25) is 0 Å². The summed E-state index contributed by atoms with van der Waals surface area (Å²) in [7, 11) is 1.27. The highest BCUT2D eigenvalue weighted by atomic mass is 16.6. The zero-order valence-corrected chi connectivity index (χ0v) is 14.9. The largest absolute Gasteiger partial charge is 0.471 e. The topological polar surface area (TPSA) is 65.7 Å². The van der Waals surface area contributed by atoms with Crippen molar-refractivity contribution in [1.29, 1.82) is 0 Å². The Morgan fingerprint density at radius 1 is 1.15 bits per heavy atom. The summed E-state index contributed by atoms with van der Waals surface area (Å²) in [5.41, 5.74) is 1.88. The van der Waals surface area contributed by atoms with Gasteiger partial charge in [-0.3, -0.25) is 4.79 Å². The molecule has 0 aliphatic rings. The van der Waals surface area contributed by atoms with E-state index in [1.807, 2.05) is 43.3 Å². The Labute approximate surface area is 151 Å². The van der Waals surface area contributed by atoms with Gasteiger partial charge in [0.1, 0.15) is 5.58 Å². The first-order valence-electron chi connectivity index (χ1n) is 8.44. The number of aryl methyl sites for hydroxylation is 1. The van der Waals surface area contributed by atoms with Crippen LogP contribution in [0.1, 0.15) is 19.4 Å². The number of benzene rings is 2. The van der Waals surface area contributed by atoms with E-state index in [0.29, 0.717) is 22.3 Å². The molecule has 5 heteroatoms. The van der Waals surface area contributed by atoms with Crippen molar-refractivity contribution in [2.75, 3.05) is 7.11 Å². The zero-order valence-electron chi connectivity index (χ0n) is 14.9. The van der Waals surface area contributed by atoms with Gasteiger partial charge in [-0.05, 0) is 31.0 Å². The summed E-state index contributed by atoms with van der Waals surface area (Å²) in [6.45, 7) is 3.55. The highest BCUT2D eigenvalue weighted by molar-refractivity contribution is 5.83. The second-order valence-electron chi connectivity index (χ2n) is 5.92. The third kappa shape index (κ3) is 3.33. The quantitative estimate of drug-likeness (QED) is 0.650. The SMILES string of the molecule is CCc1ccc2oc(-c3ccccc3)c(OC(C)C(=O)OC)c(=O)c2c1. The molecule has 0 amide bonds. The lowest BCUT2D eigenvalue weighted by Crippen LogP contribution is -2.27. The Morgan fingerprint density at radius 2 is 1.88 bits per heavy atom. The van der Waals surface area contributed by atoms with Gasteiger partial charge in [0.25, 0.3) is 0 Å². The lowest BCUT2D eigenvalue weighted by Gasteiger charge is -2.15. The standard InChI is InChI=1S/C21H20O5/c1-4-14-10-11-17-16(12-14)18(22)20(25-13(2)21(23)24-3)19(26-17)15-8-6-5-7-9-15/h5-13H,4H2,1-3H3.